The van der Waals surface area contributed by atoms with Crippen LogP contribution in [0.5, 0.6) is 0 Å². The number of carbonyl (C=O) groups is 6. The Morgan fingerprint density at radius 1 is 0.794 bits per heavy atom. The first-order valence-corrected chi connectivity index (χ1v) is 11.2. The summed E-state index contributed by atoms with van der Waals surface area (Å²) in [7, 11) is 0. The van der Waals surface area contributed by atoms with Gasteiger partial charge in [0.2, 0.25) is 29.5 Å². The first kappa shape index (κ1) is 30.8. The summed E-state index contributed by atoms with van der Waals surface area (Å²) >= 11 is 0. The third kappa shape index (κ3) is 11.6. The molecule has 194 valence electrons. The average Bonchev–Trinajstić information content (AvgIpc) is 2.73. The average molecular weight is 487 g/mol. The van der Waals surface area contributed by atoms with Gasteiger partial charge in [-0.15, -0.1) is 0 Å². The van der Waals surface area contributed by atoms with Gasteiger partial charge in [0, 0.05) is 6.42 Å². The Balaban J connectivity index is 5.63. The molecule has 13 heteroatoms. The quantitative estimate of drug-likeness (QED) is 0.129. The topological polar surface area (TPSA) is 237 Å². The SMILES string of the molecule is CCC(C)C(N)C(=O)NC(CC(N)=O)C(=O)NC(CCC(N)=O)C(=O)NC(CC(C)C)C(=O)O. The normalized spacial score (nSPS) is 15.4. The number of hydrogen-bond acceptors (Lipinski definition) is 7. The summed E-state index contributed by atoms with van der Waals surface area (Å²) in [5.74, 6) is -5.63. The maximum Gasteiger partial charge on any atom is 0.326 e. The number of rotatable bonds is 16. The molecule has 5 unspecified atom stereocenters. The minimum Gasteiger partial charge on any atom is -0.480 e. The number of nitrogens with two attached hydrogens (primary N) is 3. The van der Waals surface area contributed by atoms with E-state index in [1.165, 1.54) is 0 Å². The smallest absolute Gasteiger partial charge is 0.326 e. The van der Waals surface area contributed by atoms with Gasteiger partial charge in [-0.3, -0.25) is 24.0 Å². The molecule has 0 aliphatic carbocycles. The van der Waals surface area contributed by atoms with E-state index in [0.29, 0.717) is 6.42 Å². The van der Waals surface area contributed by atoms with Crippen LogP contribution in [0.4, 0.5) is 0 Å². The van der Waals surface area contributed by atoms with E-state index in [4.69, 9.17) is 17.2 Å². The summed E-state index contributed by atoms with van der Waals surface area (Å²) in [5.41, 5.74) is 16.2. The maximum absolute atomic E-state index is 12.8. The van der Waals surface area contributed by atoms with Gasteiger partial charge in [0.15, 0.2) is 0 Å². The molecule has 0 aromatic heterocycles. The Kier molecular flexibility index (Phi) is 13.4. The highest BCUT2D eigenvalue weighted by atomic mass is 16.4. The fraction of sp³-hybridized carbons (Fsp3) is 0.714. The van der Waals surface area contributed by atoms with Crippen molar-refractivity contribution in [3.8, 4) is 0 Å². The zero-order chi connectivity index (χ0) is 26.6. The molecule has 0 heterocycles. The first-order chi connectivity index (χ1) is 15.7. The van der Waals surface area contributed by atoms with Gasteiger partial charge in [0.25, 0.3) is 0 Å². The molecule has 0 aliphatic rings. The molecule has 0 saturated carbocycles. The van der Waals surface area contributed by atoms with Gasteiger partial charge in [0.05, 0.1) is 12.5 Å². The van der Waals surface area contributed by atoms with E-state index in [2.05, 4.69) is 16.0 Å². The molecule has 0 saturated heterocycles. The monoisotopic (exact) mass is 486 g/mol. The molecule has 34 heavy (non-hydrogen) atoms. The van der Waals surface area contributed by atoms with Crippen molar-refractivity contribution in [2.75, 3.05) is 0 Å². The van der Waals surface area contributed by atoms with E-state index < -0.39 is 66.1 Å². The van der Waals surface area contributed by atoms with Crippen LogP contribution in [-0.2, 0) is 28.8 Å². The number of carboxylic acids is 1. The number of amides is 5. The van der Waals surface area contributed by atoms with Crippen LogP contribution in [0.2, 0.25) is 0 Å². The summed E-state index contributed by atoms with van der Waals surface area (Å²) in [4.78, 5) is 72.2. The predicted molar refractivity (Wildman–Crippen MR) is 123 cm³/mol. The number of carboxylic acid groups (broad SMARTS) is 1. The van der Waals surface area contributed by atoms with Gasteiger partial charge in [-0.25, -0.2) is 4.79 Å². The molecule has 0 radical (unpaired) electrons. The summed E-state index contributed by atoms with van der Waals surface area (Å²) in [5, 5.41) is 16.4. The Bertz CT molecular complexity index is 758. The molecule has 0 fully saturated rings. The van der Waals surface area contributed by atoms with E-state index in [1.54, 1.807) is 20.8 Å². The first-order valence-electron chi connectivity index (χ1n) is 11.2. The minimum absolute atomic E-state index is 0.0510. The molecule has 5 amide bonds. The van der Waals surface area contributed by atoms with Crippen LogP contribution in [0, 0.1) is 11.8 Å². The fourth-order valence-corrected chi connectivity index (χ4v) is 2.98. The van der Waals surface area contributed by atoms with Crippen LogP contribution in [0.1, 0.15) is 59.8 Å². The zero-order valence-corrected chi connectivity index (χ0v) is 20.1. The molecule has 0 rings (SSSR count). The number of nitrogens with one attached hydrogen (secondary N) is 3. The van der Waals surface area contributed by atoms with Crippen LogP contribution in [0.25, 0.3) is 0 Å². The summed E-state index contributed by atoms with van der Waals surface area (Å²) in [6.07, 6.45) is -0.361. The predicted octanol–water partition coefficient (Wildman–Crippen LogP) is -1.91. The summed E-state index contributed by atoms with van der Waals surface area (Å²) in [6, 6.07) is -4.97. The molecule has 0 aromatic rings. The van der Waals surface area contributed by atoms with E-state index in [9.17, 15) is 33.9 Å². The highest BCUT2D eigenvalue weighted by Crippen LogP contribution is 2.08. The number of aliphatic carboxylic acids is 1. The standard InChI is InChI=1S/C21H38N6O7/c1-5-11(4)17(24)20(32)26-13(9-16(23)29)19(31)25-12(6-7-15(22)28)18(30)27-14(21(33)34)8-10(2)3/h10-14,17H,5-9,24H2,1-4H3,(H2,22,28)(H2,23,29)(H,25,31)(H,26,32)(H,27,30)(H,33,34). The molecular weight excluding hydrogens is 448 g/mol. The van der Waals surface area contributed by atoms with E-state index in [0.717, 1.165) is 0 Å². The minimum atomic E-state index is -1.44. The van der Waals surface area contributed by atoms with Gasteiger partial charge in [-0.2, -0.15) is 0 Å². The molecule has 0 aliphatic heterocycles. The number of carbonyl (C=O) groups excluding carboxylic acids is 5. The van der Waals surface area contributed by atoms with Crippen molar-refractivity contribution in [3.05, 3.63) is 0 Å². The number of hydrogen-bond donors (Lipinski definition) is 7. The van der Waals surface area contributed by atoms with Crippen molar-refractivity contribution in [1.29, 1.82) is 0 Å². The van der Waals surface area contributed by atoms with Crippen LogP contribution in [-0.4, -0.2) is 64.8 Å². The van der Waals surface area contributed by atoms with E-state index in [1.807, 2.05) is 6.92 Å². The van der Waals surface area contributed by atoms with Crippen molar-refractivity contribution in [2.24, 2.45) is 29.0 Å². The van der Waals surface area contributed by atoms with Crippen LogP contribution in [0.3, 0.4) is 0 Å². The third-order valence-electron chi connectivity index (χ3n) is 5.23. The largest absolute Gasteiger partial charge is 0.480 e. The highest BCUT2D eigenvalue weighted by molar-refractivity contribution is 5.96. The molecular formula is C21H38N6O7. The summed E-state index contributed by atoms with van der Waals surface area (Å²) < 4.78 is 0. The molecule has 13 nitrogen and oxygen atoms in total. The Hall–Kier alpha value is -3.22. The van der Waals surface area contributed by atoms with E-state index >= 15 is 0 Å². The third-order valence-corrected chi connectivity index (χ3v) is 5.23. The molecule has 10 N–H and O–H groups in total. The second-order valence-electron chi connectivity index (χ2n) is 8.74. The van der Waals surface area contributed by atoms with Crippen molar-refractivity contribution in [3.63, 3.8) is 0 Å². The van der Waals surface area contributed by atoms with Crippen molar-refractivity contribution in [2.45, 2.75) is 84.0 Å². The lowest BCUT2D eigenvalue weighted by Gasteiger charge is -2.25. The molecule has 0 spiro atoms. The lowest BCUT2D eigenvalue weighted by molar-refractivity contribution is -0.143. The van der Waals surface area contributed by atoms with Crippen molar-refractivity contribution < 1.29 is 33.9 Å². The van der Waals surface area contributed by atoms with Crippen LogP contribution in [0.15, 0.2) is 0 Å². The Morgan fingerprint density at radius 3 is 1.74 bits per heavy atom. The molecule has 5 atom stereocenters. The van der Waals surface area contributed by atoms with Crippen molar-refractivity contribution in [1.82, 2.24) is 16.0 Å². The van der Waals surface area contributed by atoms with Crippen LogP contribution >= 0.6 is 0 Å². The Morgan fingerprint density at radius 2 is 1.29 bits per heavy atom. The fourth-order valence-electron chi connectivity index (χ4n) is 2.98. The van der Waals surface area contributed by atoms with Gasteiger partial charge < -0.3 is 38.3 Å². The highest BCUT2D eigenvalue weighted by Gasteiger charge is 2.32. The van der Waals surface area contributed by atoms with Gasteiger partial charge in [-0.05, 0) is 24.7 Å². The Labute approximate surface area is 198 Å². The lowest BCUT2D eigenvalue weighted by atomic mass is 9.98. The second-order valence-corrected chi connectivity index (χ2v) is 8.74. The summed E-state index contributed by atoms with van der Waals surface area (Å²) in [6.45, 7) is 7.12. The second kappa shape index (κ2) is 14.8. The van der Waals surface area contributed by atoms with Gasteiger partial charge >= 0.3 is 5.97 Å². The van der Waals surface area contributed by atoms with Gasteiger partial charge in [0.1, 0.15) is 18.1 Å². The van der Waals surface area contributed by atoms with Crippen LogP contribution < -0.4 is 33.2 Å². The molecule has 0 aromatic carbocycles. The number of primary amides is 2. The lowest BCUT2D eigenvalue weighted by Crippen LogP contribution is -2.58. The molecule has 0 bridgehead atoms. The van der Waals surface area contributed by atoms with Crippen molar-refractivity contribution >= 4 is 35.5 Å². The van der Waals surface area contributed by atoms with Gasteiger partial charge in [-0.1, -0.05) is 34.1 Å². The zero-order valence-electron chi connectivity index (χ0n) is 20.1. The van der Waals surface area contributed by atoms with E-state index in [-0.39, 0.29) is 31.1 Å². The maximum atomic E-state index is 12.8.